The van der Waals surface area contributed by atoms with Crippen molar-refractivity contribution in [2.75, 3.05) is 0 Å². The van der Waals surface area contributed by atoms with Crippen molar-refractivity contribution in [3.8, 4) is 0 Å². The Hall–Kier alpha value is -0.560. The number of aliphatic imine (C=N–C) groups is 1. The minimum atomic E-state index is 0.795. The van der Waals surface area contributed by atoms with E-state index in [0.29, 0.717) is 0 Å². The van der Waals surface area contributed by atoms with E-state index in [1.807, 2.05) is 19.1 Å². The lowest BCUT2D eigenvalue weighted by atomic mass is 10.3. The van der Waals surface area contributed by atoms with Crippen LogP contribution in [0.1, 0.15) is 13.3 Å². The molecule has 48 valence electrons. The molecule has 0 fully saturated rings. The molecule has 0 saturated carbocycles. The first kappa shape index (κ1) is 6.56. The monoisotopic (exact) mass is 141 g/mol. The molecule has 0 saturated heterocycles. The number of hydrogen-bond acceptors (Lipinski definition) is 1. The van der Waals surface area contributed by atoms with Crippen LogP contribution in [0.5, 0.6) is 0 Å². The summed E-state index contributed by atoms with van der Waals surface area (Å²) in [6, 6.07) is 0. The molecule has 0 radical (unpaired) electrons. The largest absolute Gasteiger partial charge is 0.260 e. The van der Waals surface area contributed by atoms with E-state index in [4.69, 9.17) is 11.6 Å². The molecule has 0 N–H and O–H groups in total. The summed E-state index contributed by atoms with van der Waals surface area (Å²) >= 11 is 5.69. The highest BCUT2D eigenvalue weighted by Gasteiger charge is 1.91. The highest BCUT2D eigenvalue weighted by atomic mass is 35.5. The van der Waals surface area contributed by atoms with Crippen LogP contribution < -0.4 is 0 Å². The van der Waals surface area contributed by atoms with Crippen molar-refractivity contribution in [3.05, 3.63) is 23.4 Å². The fourth-order valence-electron chi connectivity index (χ4n) is 0.610. The molecule has 2 heteroatoms. The van der Waals surface area contributed by atoms with Crippen LogP contribution in [0.4, 0.5) is 0 Å². The Kier molecular flexibility index (Phi) is 2.06. The highest BCUT2D eigenvalue weighted by molar-refractivity contribution is 6.29. The minimum Gasteiger partial charge on any atom is -0.260 e. The van der Waals surface area contributed by atoms with Crippen LogP contribution in [-0.4, -0.2) is 5.71 Å². The van der Waals surface area contributed by atoms with Crippen molar-refractivity contribution in [1.29, 1.82) is 0 Å². The maximum Gasteiger partial charge on any atom is 0.0419 e. The van der Waals surface area contributed by atoms with Gasteiger partial charge in [0.05, 0.1) is 0 Å². The molecule has 0 amide bonds. The van der Waals surface area contributed by atoms with Crippen molar-refractivity contribution in [2.24, 2.45) is 4.99 Å². The molecule has 0 atom stereocenters. The Morgan fingerprint density at radius 3 is 3.22 bits per heavy atom. The number of nitrogens with zero attached hydrogens (tertiary/aromatic N) is 1. The fraction of sp³-hybridized carbons (Fsp3) is 0.286. The van der Waals surface area contributed by atoms with Gasteiger partial charge in [-0.3, -0.25) is 4.99 Å². The van der Waals surface area contributed by atoms with Crippen LogP contribution >= 0.6 is 11.6 Å². The van der Waals surface area contributed by atoms with Gasteiger partial charge in [-0.15, -0.1) is 0 Å². The molecule has 1 nitrogen and oxygen atoms in total. The lowest BCUT2D eigenvalue weighted by Gasteiger charge is -1.82. The molecule has 9 heavy (non-hydrogen) atoms. The lowest BCUT2D eigenvalue weighted by molar-refractivity contribution is 1.34. The number of allylic oxidation sites excluding steroid dienone is 3. The van der Waals surface area contributed by atoms with E-state index in [2.05, 4.69) is 4.99 Å². The molecule has 0 aromatic carbocycles. The van der Waals surface area contributed by atoms with E-state index < -0.39 is 0 Å². The van der Waals surface area contributed by atoms with E-state index in [1.54, 1.807) is 6.20 Å². The van der Waals surface area contributed by atoms with Crippen LogP contribution in [0.2, 0.25) is 0 Å². The van der Waals surface area contributed by atoms with Crippen molar-refractivity contribution in [2.45, 2.75) is 13.3 Å². The Morgan fingerprint density at radius 1 is 1.67 bits per heavy atom. The van der Waals surface area contributed by atoms with E-state index in [1.165, 1.54) is 0 Å². The summed E-state index contributed by atoms with van der Waals surface area (Å²) in [6.07, 6.45) is 6.47. The normalized spacial score (nSPS) is 18.4. The third-order valence-electron chi connectivity index (χ3n) is 1.08. The summed E-state index contributed by atoms with van der Waals surface area (Å²) in [5, 5.41) is 0.795. The van der Waals surface area contributed by atoms with Crippen LogP contribution in [0.3, 0.4) is 0 Å². The Labute approximate surface area is 59.7 Å². The average molecular weight is 142 g/mol. The minimum absolute atomic E-state index is 0.795. The molecule has 1 rings (SSSR count). The van der Waals surface area contributed by atoms with Gasteiger partial charge in [0.2, 0.25) is 0 Å². The summed E-state index contributed by atoms with van der Waals surface area (Å²) in [5.74, 6) is 0. The van der Waals surface area contributed by atoms with E-state index >= 15 is 0 Å². The van der Waals surface area contributed by atoms with Gasteiger partial charge >= 0.3 is 0 Å². The van der Waals surface area contributed by atoms with Gasteiger partial charge in [-0.1, -0.05) is 17.7 Å². The summed E-state index contributed by atoms with van der Waals surface area (Å²) < 4.78 is 0. The first-order valence-corrected chi connectivity index (χ1v) is 3.22. The van der Waals surface area contributed by atoms with E-state index in [-0.39, 0.29) is 0 Å². The summed E-state index contributed by atoms with van der Waals surface area (Å²) in [5.41, 5.74) is 1.01. The van der Waals surface area contributed by atoms with Gasteiger partial charge < -0.3 is 0 Å². The molecule has 0 aliphatic carbocycles. The first-order valence-electron chi connectivity index (χ1n) is 2.84. The van der Waals surface area contributed by atoms with Gasteiger partial charge in [0.15, 0.2) is 0 Å². The van der Waals surface area contributed by atoms with Gasteiger partial charge in [0, 0.05) is 23.4 Å². The highest BCUT2D eigenvalue weighted by Crippen LogP contribution is 2.10. The first-order chi connectivity index (χ1) is 4.29. The molecule has 1 heterocycles. The predicted molar refractivity (Wildman–Crippen MR) is 40.8 cm³/mol. The van der Waals surface area contributed by atoms with Gasteiger partial charge in [-0.05, 0) is 13.0 Å². The van der Waals surface area contributed by atoms with Crippen LogP contribution in [0, 0.1) is 0 Å². The smallest absolute Gasteiger partial charge is 0.0419 e. The Bertz CT molecular complexity index is 189. The van der Waals surface area contributed by atoms with E-state index in [9.17, 15) is 0 Å². The Morgan fingerprint density at radius 2 is 2.44 bits per heavy atom. The SMILES string of the molecule is CC1=NC=C(Cl)CC=C1. The molecule has 0 aromatic rings. The molecule has 1 aliphatic rings. The molecule has 1 aliphatic heterocycles. The quantitative estimate of drug-likeness (QED) is 0.492. The number of hydrogen-bond donors (Lipinski definition) is 0. The lowest BCUT2D eigenvalue weighted by Crippen LogP contribution is -1.78. The maximum absolute atomic E-state index is 5.69. The van der Waals surface area contributed by atoms with Crippen LogP contribution in [0.15, 0.2) is 28.4 Å². The third-order valence-corrected chi connectivity index (χ3v) is 1.33. The second-order valence-corrected chi connectivity index (χ2v) is 2.44. The summed E-state index contributed by atoms with van der Waals surface area (Å²) in [6.45, 7) is 1.95. The molecule has 0 aromatic heterocycles. The number of halogens is 1. The second-order valence-electron chi connectivity index (χ2n) is 1.95. The Balaban J connectivity index is 2.80. The van der Waals surface area contributed by atoms with Crippen LogP contribution in [0.25, 0.3) is 0 Å². The molecule has 0 unspecified atom stereocenters. The van der Waals surface area contributed by atoms with Gasteiger partial charge in [-0.2, -0.15) is 0 Å². The van der Waals surface area contributed by atoms with Crippen LogP contribution in [-0.2, 0) is 0 Å². The van der Waals surface area contributed by atoms with Crippen molar-refractivity contribution >= 4 is 17.3 Å². The fourth-order valence-corrected chi connectivity index (χ4v) is 0.748. The second kappa shape index (κ2) is 2.83. The van der Waals surface area contributed by atoms with Gasteiger partial charge in [0.25, 0.3) is 0 Å². The predicted octanol–water partition coefficient (Wildman–Crippen LogP) is 2.49. The molecular weight excluding hydrogens is 134 g/mol. The van der Waals surface area contributed by atoms with Crippen molar-refractivity contribution in [1.82, 2.24) is 0 Å². The average Bonchev–Trinajstić information content (AvgIpc) is 1.97. The van der Waals surface area contributed by atoms with Crippen molar-refractivity contribution < 1.29 is 0 Å². The maximum atomic E-state index is 5.69. The molecule has 0 spiro atoms. The summed E-state index contributed by atoms with van der Waals surface area (Å²) in [7, 11) is 0. The summed E-state index contributed by atoms with van der Waals surface area (Å²) in [4.78, 5) is 4.04. The number of rotatable bonds is 0. The van der Waals surface area contributed by atoms with Gasteiger partial charge in [0.1, 0.15) is 0 Å². The third kappa shape index (κ3) is 2.02. The van der Waals surface area contributed by atoms with E-state index in [0.717, 1.165) is 17.2 Å². The molecule has 0 bridgehead atoms. The van der Waals surface area contributed by atoms with Gasteiger partial charge in [-0.25, -0.2) is 0 Å². The molecular formula is C7H8ClN. The zero-order valence-electron chi connectivity index (χ0n) is 5.26. The van der Waals surface area contributed by atoms with Crippen molar-refractivity contribution in [3.63, 3.8) is 0 Å². The zero-order chi connectivity index (χ0) is 6.69. The topological polar surface area (TPSA) is 12.4 Å². The zero-order valence-corrected chi connectivity index (χ0v) is 6.02. The standard InChI is InChI=1S/C7H8ClN/c1-6-3-2-4-7(8)5-9-6/h2-3,5H,4H2,1H3.